The smallest absolute Gasteiger partial charge is 0.266 e. The first kappa shape index (κ1) is 23.9. The molecule has 2 heterocycles. The second kappa shape index (κ2) is 8.52. The number of benzene rings is 2. The monoisotopic (exact) mass is 514 g/mol. The lowest BCUT2D eigenvalue weighted by molar-refractivity contribution is -0.138. The van der Waals surface area contributed by atoms with Crippen molar-refractivity contribution in [2.45, 2.75) is 12.7 Å². The van der Waals surface area contributed by atoms with Gasteiger partial charge in [0.05, 0.1) is 35.0 Å². The van der Waals surface area contributed by atoms with Crippen molar-refractivity contribution in [2.24, 2.45) is 0 Å². The van der Waals surface area contributed by atoms with Crippen LogP contribution in [0, 0.1) is 5.82 Å². The van der Waals surface area contributed by atoms with Gasteiger partial charge >= 0.3 is 11.4 Å². The van der Waals surface area contributed by atoms with E-state index in [4.69, 9.17) is 0 Å². The average Bonchev–Trinajstić information content (AvgIpc) is 3.23. The molecule has 1 aliphatic heterocycles. The third kappa shape index (κ3) is 4.98. The molecule has 0 radical (unpaired) electrons. The number of fused-ring (bicyclic) bond motifs is 1. The summed E-state index contributed by atoms with van der Waals surface area (Å²) >= 11 is 0.548. The Morgan fingerprint density at radius 3 is 2.56 bits per heavy atom. The second-order valence-electron chi connectivity index (χ2n) is 7.30. The number of carbonyl (C=O) groups excluding carboxylic acids is 2. The molecule has 0 unspecified atom stereocenters. The van der Waals surface area contributed by atoms with Crippen molar-refractivity contribution in [2.75, 3.05) is 6.26 Å². The predicted octanol–water partition coefficient (Wildman–Crippen LogP) is 3.74. The van der Waals surface area contributed by atoms with Crippen LogP contribution in [0.25, 0.3) is 17.0 Å². The molecule has 0 aliphatic carbocycles. The van der Waals surface area contributed by atoms with E-state index in [9.17, 15) is 35.6 Å². The Hall–Kier alpha value is -3.23. The van der Waals surface area contributed by atoms with Crippen molar-refractivity contribution in [1.29, 1.82) is 0 Å². The highest BCUT2D eigenvalue weighted by atomic mass is 32.2. The molecule has 34 heavy (non-hydrogen) atoms. The van der Waals surface area contributed by atoms with E-state index in [2.05, 4.69) is 5.10 Å². The molecule has 1 fully saturated rings. The van der Waals surface area contributed by atoms with Crippen LogP contribution >= 0.6 is 11.8 Å². The molecule has 1 saturated heterocycles. The number of thioether (sulfide) groups is 1. The van der Waals surface area contributed by atoms with Crippen LogP contribution < -0.4 is 4.83 Å². The van der Waals surface area contributed by atoms with Gasteiger partial charge in [0.15, 0.2) is 0 Å². The Balaban J connectivity index is 1.62. The molecular formula is C20H14F4N4O4S2. The largest absolute Gasteiger partial charge is 0.416 e. The fourth-order valence-corrected chi connectivity index (χ4v) is 4.63. The Morgan fingerprint density at radius 2 is 1.88 bits per heavy atom. The van der Waals surface area contributed by atoms with Gasteiger partial charge in [-0.25, -0.2) is 12.8 Å². The van der Waals surface area contributed by atoms with Crippen molar-refractivity contribution < 1.29 is 35.6 Å². The maximum atomic E-state index is 13.4. The molecule has 0 spiro atoms. The molecule has 4 rings (SSSR count). The van der Waals surface area contributed by atoms with E-state index < -0.39 is 38.7 Å². The highest BCUT2D eigenvalue weighted by molar-refractivity contribution is 8.18. The number of hydrazine groups is 1. The second-order valence-corrected chi connectivity index (χ2v) is 10.0. The minimum atomic E-state index is -4.73. The standard InChI is InChI=1S/C20H14F4N4O4S2/c1-34(31,32)26-28-18(29)17(33-19(28)30)7-11-2-5-16-13(6-11)9-25-27(16)10-12-3-4-14(21)8-15(12)20(22,23)24/h2-9,26H,10H2,1H3. The van der Waals surface area contributed by atoms with E-state index in [1.165, 1.54) is 17.0 Å². The van der Waals surface area contributed by atoms with Crippen molar-refractivity contribution in [3.8, 4) is 0 Å². The summed E-state index contributed by atoms with van der Waals surface area (Å²) in [4.78, 5) is 26.1. The van der Waals surface area contributed by atoms with Gasteiger partial charge in [-0.2, -0.15) is 23.3 Å². The van der Waals surface area contributed by atoms with Gasteiger partial charge in [-0.1, -0.05) is 12.1 Å². The summed E-state index contributed by atoms with van der Waals surface area (Å²) in [5, 5.41) is 4.23. The molecule has 1 aromatic heterocycles. The Morgan fingerprint density at radius 1 is 1.15 bits per heavy atom. The molecule has 14 heteroatoms. The number of imide groups is 1. The quantitative estimate of drug-likeness (QED) is 0.411. The highest BCUT2D eigenvalue weighted by Crippen LogP contribution is 2.34. The van der Waals surface area contributed by atoms with E-state index in [0.717, 1.165) is 18.4 Å². The number of hydrogen-bond acceptors (Lipinski definition) is 6. The van der Waals surface area contributed by atoms with Gasteiger partial charge in [-0.15, -0.1) is 4.83 Å². The minimum Gasteiger partial charge on any atom is -0.266 e. The van der Waals surface area contributed by atoms with Crippen molar-refractivity contribution in [3.63, 3.8) is 0 Å². The van der Waals surface area contributed by atoms with Gasteiger partial charge in [-0.3, -0.25) is 14.3 Å². The molecule has 178 valence electrons. The number of aromatic nitrogens is 2. The molecule has 8 nitrogen and oxygen atoms in total. The Kier molecular flexibility index (Phi) is 5.99. The van der Waals surface area contributed by atoms with E-state index in [1.54, 1.807) is 18.2 Å². The fraction of sp³-hybridized carbons (Fsp3) is 0.150. The molecular weight excluding hydrogens is 500 g/mol. The molecule has 3 aromatic rings. The number of sulfonamides is 1. The highest BCUT2D eigenvalue weighted by Gasteiger charge is 2.37. The zero-order valence-electron chi connectivity index (χ0n) is 17.1. The Bertz CT molecular complexity index is 1460. The van der Waals surface area contributed by atoms with Crippen LogP contribution in [0.4, 0.5) is 22.4 Å². The van der Waals surface area contributed by atoms with Crippen molar-refractivity contribution in [3.05, 3.63) is 70.0 Å². The van der Waals surface area contributed by atoms with Crippen LogP contribution in [0.15, 0.2) is 47.5 Å². The summed E-state index contributed by atoms with van der Waals surface area (Å²) in [6, 6.07) is 7.18. The molecule has 0 atom stereocenters. The van der Waals surface area contributed by atoms with Gasteiger partial charge < -0.3 is 0 Å². The molecule has 1 N–H and O–H groups in total. The van der Waals surface area contributed by atoms with Crippen LogP contribution in [-0.4, -0.2) is 40.6 Å². The zero-order chi connectivity index (χ0) is 24.8. The first-order valence-electron chi connectivity index (χ1n) is 9.38. The van der Waals surface area contributed by atoms with Crippen molar-refractivity contribution >= 4 is 49.9 Å². The number of carbonyl (C=O) groups is 2. The van der Waals surface area contributed by atoms with Crippen molar-refractivity contribution in [1.82, 2.24) is 19.6 Å². The number of halogens is 4. The lowest BCUT2D eigenvalue weighted by Crippen LogP contribution is -2.44. The third-order valence-electron chi connectivity index (χ3n) is 4.71. The maximum absolute atomic E-state index is 13.4. The maximum Gasteiger partial charge on any atom is 0.416 e. The number of rotatable bonds is 5. The van der Waals surface area contributed by atoms with Crippen LogP contribution in [0.1, 0.15) is 16.7 Å². The first-order valence-corrected chi connectivity index (χ1v) is 12.1. The molecule has 2 amide bonds. The average molecular weight is 514 g/mol. The summed E-state index contributed by atoms with van der Waals surface area (Å²) in [6.45, 7) is -0.256. The fourth-order valence-electron chi connectivity index (χ4n) is 3.30. The molecule has 0 bridgehead atoms. The van der Waals surface area contributed by atoms with Gasteiger partial charge in [0.2, 0.25) is 10.0 Å². The van der Waals surface area contributed by atoms with E-state index in [1.807, 2.05) is 4.83 Å². The number of alkyl halides is 3. The van der Waals surface area contributed by atoms with Crippen LogP contribution in [0.2, 0.25) is 0 Å². The molecule has 1 aliphatic rings. The van der Waals surface area contributed by atoms with Crippen LogP contribution in [0.3, 0.4) is 0 Å². The summed E-state index contributed by atoms with van der Waals surface area (Å²) in [5.74, 6) is -1.84. The van der Waals surface area contributed by atoms with Gasteiger partial charge in [0.25, 0.3) is 5.91 Å². The lowest BCUT2D eigenvalue weighted by atomic mass is 10.1. The van der Waals surface area contributed by atoms with Gasteiger partial charge in [-0.05, 0) is 53.2 Å². The lowest BCUT2D eigenvalue weighted by Gasteiger charge is -2.13. The van der Waals surface area contributed by atoms with Gasteiger partial charge in [0, 0.05) is 5.39 Å². The molecule has 2 aromatic carbocycles. The Labute approximate surface area is 194 Å². The summed E-state index contributed by atoms with van der Waals surface area (Å²) in [5.41, 5.74) is -0.280. The number of amides is 2. The predicted molar refractivity (Wildman–Crippen MR) is 116 cm³/mol. The normalized spacial score (nSPS) is 16.3. The topological polar surface area (TPSA) is 101 Å². The number of nitrogens with zero attached hydrogens (tertiary/aromatic N) is 3. The van der Waals surface area contributed by atoms with E-state index in [-0.39, 0.29) is 17.0 Å². The zero-order valence-corrected chi connectivity index (χ0v) is 18.8. The third-order valence-corrected chi connectivity index (χ3v) is 6.10. The SMILES string of the molecule is CS(=O)(=O)NN1C(=O)SC(=Cc2ccc3c(cnn3Cc3ccc(F)cc3C(F)(F)F)c2)C1=O. The summed E-state index contributed by atoms with van der Waals surface area (Å²) < 4.78 is 77.3. The minimum absolute atomic E-state index is 0.0194. The van der Waals surface area contributed by atoms with Crippen LogP contribution in [-0.2, 0) is 27.5 Å². The molecule has 0 saturated carbocycles. The summed E-state index contributed by atoms with van der Waals surface area (Å²) in [7, 11) is -3.84. The summed E-state index contributed by atoms with van der Waals surface area (Å²) in [6.07, 6.45) is -1.13. The van der Waals surface area contributed by atoms with Gasteiger partial charge in [0.1, 0.15) is 5.82 Å². The van der Waals surface area contributed by atoms with E-state index in [0.29, 0.717) is 39.3 Å². The van der Waals surface area contributed by atoms with E-state index >= 15 is 0 Å². The first-order chi connectivity index (χ1) is 15.8. The number of nitrogens with one attached hydrogen (secondary N) is 1. The van der Waals surface area contributed by atoms with Crippen LogP contribution in [0.5, 0.6) is 0 Å². The number of hydrogen-bond donors (Lipinski definition) is 1.